The SMILES string of the molecule is NC(=S)c1cc(Cl)cc(Oc2ccc(Cl)cc2)c1. The van der Waals surface area contributed by atoms with Crippen molar-refractivity contribution in [2.75, 3.05) is 0 Å². The zero-order valence-corrected chi connectivity index (χ0v) is 11.5. The van der Waals surface area contributed by atoms with Crippen molar-refractivity contribution in [3.63, 3.8) is 0 Å². The first-order chi connectivity index (χ1) is 8.54. The van der Waals surface area contributed by atoms with E-state index in [0.717, 1.165) is 0 Å². The monoisotopic (exact) mass is 297 g/mol. The number of benzene rings is 2. The van der Waals surface area contributed by atoms with Crippen molar-refractivity contribution in [3.8, 4) is 11.5 Å². The third kappa shape index (κ3) is 3.35. The van der Waals surface area contributed by atoms with Crippen LogP contribution in [0.5, 0.6) is 11.5 Å². The van der Waals surface area contributed by atoms with Gasteiger partial charge in [-0.05, 0) is 42.5 Å². The molecule has 0 bridgehead atoms. The molecule has 0 aliphatic carbocycles. The number of thiocarbonyl (C=S) groups is 1. The summed E-state index contributed by atoms with van der Waals surface area (Å²) in [6, 6.07) is 12.2. The fourth-order valence-corrected chi connectivity index (χ4v) is 1.87. The molecule has 5 heteroatoms. The van der Waals surface area contributed by atoms with Crippen molar-refractivity contribution in [3.05, 3.63) is 58.1 Å². The summed E-state index contributed by atoms with van der Waals surface area (Å²) < 4.78 is 5.65. The minimum Gasteiger partial charge on any atom is -0.457 e. The van der Waals surface area contributed by atoms with Gasteiger partial charge in [-0.15, -0.1) is 0 Å². The van der Waals surface area contributed by atoms with Crippen LogP contribution in [0.2, 0.25) is 10.0 Å². The van der Waals surface area contributed by atoms with Gasteiger partial charge in [-0.3, -0.25) is 0 Å². The van der Waals surface area contributed by atoms with Crippen LogP contribution in [-0.4, -0.2) is 4.99 Å². The summed E-state index contributed by atoms with van der Waals surface area (Å²) in [6.45, 7) is 0. The van der Waals surface area contributed by atoms with Crippen LogP contribution in [0, 0.1) is 0 Å². The zero-order chi connectivity index (χ0) is 13.1. The Morgan fingerprint density at radius 2 is 1.61 bits per heavy atom. The molecule has 0 aliphatic rings. The Morgan fingerprint density at radius 1 is 0.944 bits per heavy atom. The van der Waals surface area contributed by atoms with E-state index in [2.05, 4.69) is 0 Å². The summed E-state index contributed by atoms with van der Waals surface area (Å²) in [4.78, 5) is 0.276. The molecule has 2 rings (SSSR count). The molecule has 0 heterocycles. The molecule has 2 N–H and O–H groups in total. The second kappa shape index (κ2) is 5.57. The number of ether oxygens (including phenoxy) is 1. The van der Waals surface area contributed by atoms with Gasteiger partial charge in [-0.1, -0.05) is 35.4 Å². The molecule has 2 aromatic rings. The van der Waals surface area contributed by atoms with Gasteiger partial charge in [0.1, 0.15) is 16.5 Å². The zero-order valence-electron chi connectivity index (χ0n) is 9.19. The predicted octanol–water partition coefficient (Wildman–Crippen LogP) is 4.42. The maximum atomic E-state index is 5.97. The van der Waals surface area contributed by atoms with Crippen molar-refractivity contribution in [2.24, 2.45) is 5.73 Å². The van der Waals surface area contributed by atoms with E-state index in [-0.39, 0.29) is 4.99 Å². The van der Waals surface area contributed by atoms with Gasteiger partial charge in [-0.25, -0.2) is 0 Å². The van der Waals surface area contributed by atoms with Gasteiger partial charge >= 0.3 is 0 Å². The molecule has 92 valence electrons. The molecule has 2 nitrogen and oxygen atoms in total. The number of nitrogens with two attached hydrogens (primary N) is 1. The van der Waals surface area contributed by atoms with Crippen molar-refractivity contribution in [1.29, 1.82) is 0 Å². The standard InChI is InChI=1S/C13H9Cl2NOS/c14-9-1-3-11(4-2-9)17-12-6-8(13(16)18)5-10(15)7-12/h1-7H,(H2,16,18). The van der Waals surface area contributed by atoms with Crippen LogP contribution in [0.1, 0.15) is 5.56 Å². The Kier molecular flexibility index (Phi) is 4.07. The van der Waals surface area contributed by atoms with Crippen molar-refractivity contribution in [2.45, 2.75) is 0 Å². The van der Waals surface area contributed by atoms with E-state index in [0.29, 0.717) is 27.1 Å². The summed E-state index contributed by atoms with van der Waals surface area (Å²) in [7, 11) is 0. The fraction of sp³-hybridized carbons (Fsp3) is 0. The molecular weight excluding hydrogens is 289 g/mol. The lowest BCUT2D eigenvalue weighted by molar-refractivity contribution is 0.482. The van der Waals surface area contributed by atoms with Crippen LogP contribution < -0.4 is 10.5 Å². The van der Waals surface area contributed by atoms with Crippen LogP contribution in [0.15, 0.2) is 42.5 Å². The second-order valence-electron chi connectivity index (χ2n) is 3.60. The molecule has 0 amide bonds. The fourth-order valence-electron chi connectivity index (χ4n) is 1.40. The maximum Gasteiger partial charge on any atom is 0.129 e. The lowest BCUT2D eigenvalue weighted by atomic mass is 10.2. The molecule has 2 aromatic carbocycles. The Bertz CT molecular complexity index is 584. The van der Waals surface area contributed by atoms with Gasteiger partial charge < -0.3 is 10.5 Å². The van der Waals surface area contributed by atoms with Crippen LogP contribution in [0.3, 0.4) is 0 Å². The first kappa shape index (κ1) is 13.1. The van der Waals surface area contributed by atoms with E-state index in [1.807, 2.05) is 0 Å². The lowest BCUT2D eigenvalue weighted by Crippen LogP contribution is -2.09. The molecule has 0 unspecified atom stereocenters. The summed E-state index contributed by atoms with van der Waals surface area (Å²) in [6.07, 6.45) is 0. The Hall–Kier alpha value is -1.29. The largest absolute Gasteiger partial charge is 0.457 e. The minimum absolute atomic E-state index is 0.276. The predicted molar refractivity (Wildman–Crippen MR) is 78.9 cm³/mol. The topological polar surface area (TPSA) is 35.2 Å². The normalized spacial score (nSPS) is 10.1. The first-order valence-electron chi connectivity index (χ1n) is 5.08. The number of hydrogen-bond acceptors (Lipinski definition) is 2. The molecular formula is C13H9Cl2NOS. The van der Waals surface area contributed by atoms with Gasteiger partial charge in [0.2, 0.25) is 0 Å². The van der Waals surface area contributed by atoms with Crippen molar-refractivity contribution in [1.82, 2.24) is 0 Å². The van der Waals surface area contributed by atoms with E-state index in [1.165, 1.54) is 0 Å². The molecule has 0 spiro atoms. The average molecular weight is 298 g/mol. The lowest BCUT2D eigenvalue weighted by Gasteiger charge is -2.08. The molecule has 0 aromatic heterocycles. The first-order valence-corrected chi connectivity index (χ1v) is 6.25. The highest BCUT2D eigenvalue weighted by Crippen LogP contribution is 2.27. The maximum absolute atomic E-state index is 5.97. The Morgan fingerprint density at radius 3 is 2.22 bits per heavy atom. The van der Waals surface area contributed by atoms with Gasteiger partial charge in [0.25, 0.3) is 0 Å². The smallest absolute Gasteiger partial charge is 0.129 e. The average Bonchev–Trinajstić information content (AvgIpc) is 2.31. The summed E-state index contributed by atoms with van der Waals surface area (Å²) in [5.41, 5.74) is 6.23. The highest BCUT2D eigenvalue weighted by molar-refractivity contribution is 7.80. The third-order valence-corrected chi connectivity index (χ3v) is 2.91. The number of halogens is 2. The van der Waals surface area contributed by atoms with Gasteiger partial charge in [0.15, 0.2) is 0 Å². The number of hydrogen-bond donors (Lipinski definition) is 1. The summed E-state index contributed by atoms with van der Waals surface area (Å²) >= 11 is 16.7. The van der Waals surface area contributed by atoms with Crippen LogP contribution in [0.25, 0.3) is 0 Å². The summed E-state index contributed by atoms with van der Waals surface area (Å²) in [5, 5.41) is 1.17. The molecule has 0 aliphatic heterocycles. The molecule has 0 radical (unpaired) electrons. The minimum atomic E-state index is 0.276. The van der Waals surface area contributed by atoms with Gasteiger partial charge in [-0.2, -0.15) is 0 Å². The molecule has 0 saturated heterocycles. The molecule has 0 saturated carbocycles. The number of rotatable bonds is 3. The van der Waals surface area contributed by atoms with E-state index >= 15 is 0 Å². The van der Waals surface area contributed by atoms with E-state index in [9.17, 15) is 0 Å². The van der Waals surface area contributed by atoms with Crippen LogP contribution >= 0.6 is 35.4 Å². The van der Waals surface area contributed by atoms with E-state index in [4.69, 9.17) is 45.9 Å². The van der Waals surface area contributed by atoms with Crippen LogP contribution in [0.4, 0.5) is 0 Å². The quantitative estimate of drug-likeness (QED) is 0.852. The highest BCUT2D eigenvalue weighted by Gasteiger charge is 2.04. The van der Waals surface area contributed by atoms with Gasteiger partial charge in [0, 0.05) is 15.6 Å². The van der Waals surface area contributed by atoms with Crippen molar-refractivity contribution >= 4 is 40.4 Å². The van der Waals surface area contributed by atoms with Crippen LogP contribution in [-0.2, 0) is 0 Å². The summed E-state index contributed by atoms with van der Waals surface area (Å²) in [5.74, 6) is 1.24. The third-order valence-electron chi connectivity index (χ3n) is 2.21. The van der Waals surface area contributed by atoms with Gasteiger partial charge in [0.05, 0.1) is 0 Å². The van der Waals surface area contributed by atoms with Crippen molar-refractivity contribution < 1.29 is 4.74 Å². The second-order valence-corrected chi connectivity index (χ2v) is 4.91. The van der Waals surface area contributed by atoms with E-state index in [1.54, 1.807) is 42.5 Å². The Labute approximate surface area is 120 Å². The molecule has 18 heavy (non-hydrogen) atoms. The Balaban J connectivity index is 2.28. The highest BCUT2D eigenvalue weighted by atomic mass is 35.5. The van der Waals surface area contributed by atoms with E-state index < -0.39 is 0 Å². The molecule has 0 atom stereocenters. The molecule has 0 fully saturated rings.